The fourth-order valence-corrected chi connectivity index (χ4v) is 2.17. The van der Waals surface area contributed by atoms with Crippen LogP contribution in [-0.4, -0.2) is 16.7 Å². The zero-order valence-corrected chi connectivity index (χ0v) is 13.0. The van der Waals surface area contributed by atoms with Crippen LogP contribution in [0, 0.1) is 6.92 Å². The van der Waals surface area contributed by atoms with Crippen molar-refractivity contribution >= 4 is 15.9 Å². The maximum absolute atomic E-state index is 5.77. The van der Waals surface area contributed by atoms with Crippen LogP contribution in [0.1, 0.15) is 37.8 Å². The van der Waals surface area contributed by atoms with E-state index in [-0.39, 0.29) is 6.04 Å². The van der Waals surface area contributed by atoms with Gasteiger partial charge in [-0.25, -0.2) is 0 Å². The van der Waals surface area contributed by atoms with E-state index < -0.39 is 0 Å². The Balaban J connectivity index is 2.27. The van der Waals surface area contributed by atoms with Crippen molar-refractivity contribution in [3.63, 3.8) is 0 Å². The first-order valence-corrected chi connectivity index (χ1v) is 7.28. The molecule has 102 valence electrons. The van der Waals surface area contributed by atoms with E-state index in [0.717, 1.165) is 28.6 Å². The van der Waals surface area contributed by atoms with Gasteiger partial charge in [0, 0.05) is 10.0 Å². The third kappa shape index (κ3) is 3.22. The molecule has 0 aliphatic rings. The van der Waals surface area contributed by atoms with Gasteiger partial charge in [0.2, 0.25) is 11.8 Å². The van der Waals surface area contributed by atoms with Crippen LogP contribution in [0.15, 0.2) is 27.1 Å². The minimum absolute atomic E-state index is 0.128. The molecule has 0 aliphatic carbocycles. The number of hydrogen-bond donors (Lipinski definition) is 1. The van der Waals surface area contributed by atoms with Gasteiger partial charge in [-0.05, 0) is 43.7 Å². The molecular formula is C14H18BrN3O. The number of nitrogens with zero attached hydrogens (tertiary/aromatic N) is 2. The minimum Gasteiger partial charge on any atom is -0.419 e. The molecule has 5 heteroatoms. The van der Waals surface area contributed by atoms with Gasteiger partial charge in [-0.1, -0.05) is 29.8 Å². The van der Waals surface area contributed by atoms with E-state index in [4.69, 9.17) is 4.42 Å². The summed E-state index contributed by atoms with van der Waals surface area (Å²) in [4.78, 5) is 0. The van der Waals surface area contributed by atoms with E-state index in [1.807, 2.05) is 25.1 Å². The second-order valence-electron chi connectivity index (χ2n) is 4.43. The fourth-order valence-electron chi connectivity index (χ4n) is 1.92. The van der Waals surface area contributed by atoms with E-state index in [2.05, 4.69) is 45.3 Å². The Hall–Kier alpha value is -1.20. The molecule has 0 aliphatic heterocycles. The third-order valence-corrected chi connectivity index (χ3v) is 3.89. The predicted octanol–water partition coefficient (Wildman–Crippen LogP) is 3.87. The van der Waals surface area contributed by atoms with Crippen LogP contribution in [0.2, 0.25) is 0 Å². The lowest BCUT2D eigenvalue weighted by atomic mass is 10.1. The van der Waals surface area contributed by atoms with Gasteiger partial charge in [-0.3, -0.25) is 0 Å². The summed E-state index contributed by atoms with van der Waals surface area (Å²) in [6.45, 7) is 7.09. The SMILES string of the molecule is CCNC(CC)c1nnc(-c2ccc(Br)c(C)c2)o1. The monoisotopic (exact) mass is 323 g/mol. The summed E-state index contributed by atoms with van der Waals surface area (Å²) < 4.78 is 6.85. The van der Waals surface area contributed by atoms with Crippen molar-refractivity contribution in [3.05, 3.63) is 34.1 Å². The van der Waals surface area contributed by atoms with Crippen LogP contribution < -0.4 is 5.32 Å². The minimum atomic E-state index is 0.128. The smallest absolute Gasteiger partial charge is 0.247 e. The maximum atomic E-state index is 5.77. The molecule has 1 aromatic heterocycles. The van der Waals surface area contributed by atoms with Gasteiger partial charge in [0.05, 0.1) is 6.04 Å². The number of rotatable bonds is 5. The van der Waals surface area contributed by atoms with Crippen LogP contribution in [0.25, 0.3) is 11.5 Å². The molecule has 1 heterocycles. The zero-order chi connectivity index (χ0) is 13.8. The number of halogens is 1. The summed E-state index contributed by atoms with van der Waals surface area (Å²) in [5.41, 5.74) is 2.10. The molecule has 1 unspecified atom stereocenters. The standard InChI is InChI=1S/C14H18BrN3O/c1-4-12(16-5-2)14-18-17-13(19-14)10-6-7-11(15)9(3)8-10/h6-8,12,16H,4-5H2,1-3H3. The fraction of sp³-hybridized carbons (Fsp3) is 0.429. The summed E-state index contributed by atoms with van der Waals surface area (Å²) in [6.07, 6.45) is 0.925. The Labute approximate surface area is 121 Å². The Morgan fingerprint density at radius 2 is 2.11 bits per heavy atom. The van der Waals surface area contributed by atoms with E-state index in [0.29, 0.717) is 11.8 Å². The average Bonchev–Trinajstić information content (AvgIpc) is 2.88. The second-order valence-corrected chi connectivity index (χ2v) is 5.28. The normalized spacial score (nSPS) is 12.6. The largest absolute Gasteiger partial charge is 0.419 e. The topological polar surface area (TPSA) is 51.0 Å². The summed E-state index contributed by atoms with van der Waals surface area (Å²) in [5, 5.41) is 11.6. The molecule has 19 heavy (non-hydrogen) atoms. The average molecular weight is 324 g/mol. The molecule has 4 nitrogen and oxygen atoms in total. The van der Waals surface area contributed by atoms with Crippen LogP contribution in [-0.2, 0) is 0 Å². The third-order valence-electron chi connectivity index (χ3n) is 3.00. The molecule has 0 bridgehead atoms. The van der Waals surface area contributed by atoms with E-state index in [9.17, 15) is 0 Å². The molecule has 0 fully saturated rings. The quantitative estimate of drug-likeness (QED) is 0.907. The Kier molecular flexibility index (Phi) is 4.71. The molecule has 0 spiro atoms. The first-order valence-electron chi connectivity index (χ1n) is 6.49. The van der Waals surface area contributed by atoms with Crippen molar-refractivity contribution in [1.82, 2.24) is 15.5 Å². The van der Waals surface area contributed by atoms with Gasteiger partial charge in [0.25, 0.3) is 0 Å². The summed E-state index contributed by atoms with van der Waals surface area (Å²) >= 11 is 3.49. The van der Waals surface area contributed by atoms with Crippen LogP contribution in [0.3, 0.4) is 0 Å². The summed E-state index contributed by atoms with van der Waals surface area (Å²) in [6, 6.07) is 6.14. The molecule has 1 aromatic carbocycles. The van der Waals surface area contributed by atoms with E-state index in [1.54, 1.807) is 0 Å². The molecule has 2 aromatic rings. The first-order chi connectivity index (χ1) is 9.15. The number of hydrogen-bond acceptors (Lipinski definition) is 4. The highest BCUT2D eigenvalue weighted by Gasteiger charge is 2.16. The predicted molar refractivity (Wildman–Crippen MR) is 78.9 cm³/mol. The molecule has 1 N–H and O–H groups in total. The number of nitrogens with one attached hydrogen (secondary N) is 1. The van der Waals surface area contributed by atoms with Crippen molar-refractivity contribution in [1.29, 1.82) is 0 Å². The number of aryl methyl sites for hydroxylation is 1. The molecular weight excluding hydrogens is 306 g/mol. The van der Waals surface area contributed by atoms with Gasteiger partial charge in [-0.15, -0.1) is 10.2 Å². The van der Waals surface area contributed by atoms with Crippen molar-refractivity contribution in [2.75, 3.05) is 6.54 Å². The van der Waals surface area contributed by atoms with Crippen molar-refractivity contribution in [2.45, 2.75) is 33.2 Å². The Morgan fingerprint density at radius 1 is 1.32 bits per heavy atom. The van der Waals surface area contributed by atoms with Gasteiger partial charge in [0.1, 0.15) is 0 Å². The highest BCUT2D eigenvalue weighted by molar-refractivity contribution is 9.10. The number of aromatic nitrogens is 2. The van der Waals surface area contributed by atoms with E-state index >= 15 is 0 Å². The molecule has 2 rings (SSSR count). The molecule has 0 saturated carbocycles. The van der Waals surface area contributed by atoms with Gasteiger partial charge in [0.15, 0.2) is 0 Å². The van der Waals surface area contributed by atoms with Crippen LogP contribution >= 0.6 is 15.9 Å². The van der Waals surface area contributed by atoms with Gasteiger partial charge < -0.3 is 9.73 Å². The maximum Gasteiger partial charge on any atom is 0.247 e. The lowest BCUT2D eigenvalue weighted by molar-refractivity contribution is 0.402. The lowest BCUT2D eigenvalue weighted by Crippen LogP contribution is -2.20. The molecule has 1 atom stereocenters. The van der Waals surface area contributed by atoms with E-state index in [1.165, 1.54) is 0 Å². The highest BCUT2D eigenvalue weighted by Crippen LogP contribution is 2.25. The molecule has 0 amide bonds. The Bertz CT molecular complexity index is 553. The van der Waals surface area contributed by atoms with Crippen molar-refractivity contribution < 1.29 is 4.42 Å². The van der Waals surface area contributed by atoms with Crippen molar-refractivity contribution in [2.24, 2.45) is 0 Å². The molecule has 0 saturated heterocycles. The van der Waals surface area contributed by atoms with Crippen LogP contribution in [0.5, 0.6) is 0 Å². The van der Waals surface area contributed by atoms with Gasteiger partial charge in [-0.2, -0.15) is 0 Å². The molecule has 0 radical (unpaired) electrons. The van der Waals surface area contributed by atoms with Crippen LogP contribution in [0.4, 0.5) is 0 Å². The zero-order valence-electron chi connectivity index (χ0n) is 11.4. The first kappa shape index (κ1) is 14.2. The Morgan fingerprint density at radius 3 is 2.74 bits per heavy atom. The highest BCUT2D eigenvalue weighted by atomic mass is 79.9. The number of benzene rings is 1. The van der Waals surface area contributed by atoms with Crippen molar-refractivity contribution in [3.8, 4) is 11.5 Å². The summed E-state index contributed by atoms with van der Waals surface area (Å²) in [5.74, 6) is 1.22. The summed E-state index contributed by atoms with van der Waals surface area (Å²) in [7, 11) is 0. The second kappa shape index (κ2) is 6.30. The van der Waals surface area contributed by atoms with Gasteiger partial charge >= 0.3 is 0 Å². The lowest BCUT2D eigenvalue weighted by Gasteiger charge is -2.10.